The molecule has 1 N–H and O–H groups in total. The SMILES string of the molecule is COc1ccccc1CCNc1nc(C)cs1. The molecule has 1 aromatic carbocycles. The molecule has 0 unspecified atom stereocenters. The van der Waals surface area contributed by atoms with Gasteiger partial charge in [-0.15, -0.1) is 11.3 Å². The Kier molecular flexibility index (Phi) is 3.98. The summed E-state index contributed by atoms with van der Waals surface area (Å²) in [6.07, 6.45) is 0.933. The number of hydrogen-bond acceptors (Lipinski definition) is 4. The molecule has 90 valence electrons. The van der Waals surface area contributed by atoms with E-state index in [9.17, 15) is 0 Å². The number of aromatic nitrogens is 1. The molecular formula is C13H16N2OS. The smallest absolute Gasteiger partial charge is 0.182 e. The van der Waals surface area contributed by atoms with Crippen LogP contribution < -0.4 is 10.1 Å². The Morgan fingerprint density at radius 1 is 1.35 bits per heavy atom. The van der Waals surface area contributed by atoms with Crippen molar-refractivity contribution in [3.05, 3.63) is 40.9 Å². The molecule has 0 radical (unpaired) electrons. The molecule has 0 bridgehead atoms. The van der Waals surface area contributed by atoms with Crippen LogP contribution in [0.1, 0.15) is 11.3 Å². The van der Waals surface area contributed by atoms with Crippen molar-refractivity contribution in [2.45, 2.75) is 13.3 Å². The van der Waals surface area contributed by atoms with Crippen LogP contribution in [-0.4, -0.2) is 18.6 Å². The summed E-state index contributed by atoms with van der Waals surface area (Å²) in [6, 6.07) is 8.10. The third kappa shape index (κ3) is 3.20. The minimum atomic E-state index is 0.868. The Balaban J connectivity index is 1.89. The number of benzene rings is 1. The number of thiazole rings is 1. The maximum atomic E-state index is 5.31. The first kappa shape index (κ1) is 11.9. The number of rotatable bonds is 5. The molecule has 0 aliphatic heterocycles. The third-order valence-corrected chi connectivity index (χ3v) is 3.40. The van der Waals surface area contributed by atoms with Crippen LogP contribution in [0, 0.1) is 6.92 Å². The first-order valence-electron chi connectivity index (χ1n) is 5.57. The second-order valence-electron chi connectivity index (χ2n) is 3.78. The van der Waals surface area contributed by atoms with Crippen LogP contribution in [0.2, 0.25) is 0 Å². The van der Waals surface area contributed by atoms with Gasteiger partial charge in [-0.2, -0.15) is 0 Å². The summed E-state index contributed by atoms with van der Waals surface area (Å²) < 4.78 is 5.31. The zero-order valence-corrected chi connectivity index (χ0v) is 10.9. The summed E-state index contributed by atoms with van der Waals surface area (Å²) >= 11 is 1.64. The Morgan fingerprint density at radius 2 is 2.18 bits per heavy atom. The Hall–Kier alpha value is -1.55. The number of anilines is 1. The minimum absolute atomic E-state index is 0.868. The van der Waals surface area contributed by atoms with E-state index >= 15 is 0 Å². The zero-order valence-electron chi connectivity index (χ0n) is 10.1. The fourth-order valence-corrected chi connectivity index (χ4v) is 2.37. The van der Waals surface area contributed by atoms with Gasteiger partial charge in [0.2, 0.25) is 0 Å². The van der Waals surface area contributed by atoms with Crippen molar-refractivity contribution in [3.8, 4) is 5.75 Å². The molecule has 2 aromatic rings. The molecule has 2 rings (SSSR count). The fourth-order valence-electron chi connectivity index (χ4n) is 1.65. The highest BCUT2D eigenvalue weighted by Crippen LogP contribution is 2.18. The molecule has 0 amide bonds. The van der Waals surface area contributed by atoms with E-state index in [1.165, 1.54) is 5.56 Å². The van der Waals surface area contributed by atoms with Crippen LogP contribution in [0.15, 0.2) is 29.6 Å². The van der Waals surface area contributed by atoms with E-state index in [1.807, 2.05) is 30.5 Å². The first-order chi connectivity index (χ1) is 8.29. The van der Waals surface area contributed by atoms with Gasteiger partial charge >= 0.3 is 0 Å². The van der Waals surface area contributed by atoms with Crippen molar-refractivity contribution in [1.82, 2.24) is 4.98 Å². The fraction of sp³-hybridized carbons (Fsp3) is 0.308. The van der Waals surface area contributed by atoms with Gasteiger partial charge in [0.1, 0.15) is 5.75 Å². The molecule has 0 atom stereocenters. The van der Waals surface area contributed by atoms with Crippen molar-refractivity contribution in [2.75, 3.05) is 19.0 Å². The second-order valence-corrected chi connectivity index (χ2v) is 4.64. The average molecular weight is 248 g/mol. The first-order valence-corrected chi connectivity index (χ1v) is 6.45. The number of aryl methyl sites for hydroxylation is 1. The lowest BCUT2D eigenvalue weighted by molar-refractivity contribution is 0.410. The predicted octanol–water partition coefficient (Wildman–Crippen LogP) is 3.11. The maximum Gasteiger partial charge on any atom is 0.182 e. The second kappa shape index (κ2) is 5.68. The molecule has 1 heterocycles. The van der Waals surface area contributed by atoms with Gasteiger partial charge in [-0.1, -0.05) is 18.2 Å². The number of hydrogen-bond donors (Lipinski definition) is 1. The van der Waals surface area contributed by atoms with E-state index in [-0.39, 0.29) is 0 Å². The lowest BCUT2D eigenvalue weighted by Gasteiger charge is -2.08. The molecular weight excluding hydrogens is 232 g/mol. The minimum Gasteiger partial charge on any atom is -0.496 e. The molecule has 3 nitrogen and oxygen atoms in total. The largest absolute Gasteiger partial charge is 0.496 e. The van der Waals surface area contributed by atoms with Crippen molar-refractivity contribution < 1.29 is 4.74 Å². The third-order valence-electron chi connectivity index (χ3n) is 2.48. The molecule has 0 spiro atoms. The summed E-state index contributed by atoms with van der Waals surface area (Å²) in [5.41, 5.74) is 2.28. The summed E-state index contributed by atoms with van der Waals surface area (Å²) in [4.78, 5) is 4.36. The van der Waals surface area contributed by atoms with Gasteiger partial charge in [0.05, 0.1) is 12.8 Å². The van der Waals surface area contributed by atoms with Gasteiger partial charge in [-0.3, -0.25) is 0 Å². The Labute approximate surface area is 105 Å². The Morgan fingerprint density at radius 3 is 2.88 bits per heavy atom. The maximum absolute atomic E-state index is 5.31. The van der Waals surface area contributed by atoms with E-state index in [2.05, 4.69) is 16.4 Å². The molecule has 0 saturated carbocycles. The van der Waals surface area contributed by atoms with Crippen LogP contribution in [-0.2, 0) is 6.42 Å². The van der Waals surface area contributed by atoms with Crippen LogP contribution in [0.3, 0.4) is 0 Å². The highest BCUT2D eigenvalue weighted by molar-refractivity contribution is 7.13. The van der Waals surface area contributed by atoms with E-state index in [4.69, 9.17) is 4.74 Å². The van der Waals surface area contributed by atoms with Crippen molar-refractivity contribution in [1.29, 1.82) is 0 Å². The molecule has 0 aliphatic rings. The van der Waals surface area contributed by atoms with Gasteiger partial charge < -0.3 is 10.1 Å². The summed E-state index contributed by atoms with van der Waals surface area (Å²) in [6.45, 7) is 2.87. The summed E-state index contributed by atoms with van der Waals surface area (Å²) in [5, 5.41) is 6.35. The van der Waals surface area contributed by atoms with E-state index in [1.54, 1.807) is 18.4 Å². The molecule has 4 heteroatoms. The lowest BCUT2D eigenvalue weighted by Crippen LogP contribution is -2.05. The number of nitrogens with one attached hydrogen (secondary N) is 1. The van der Waals surface area contributed by atoms with Gasteiger partial charge in [-0.05, 0) is 25.0 Å². The lowest BCUT2D eigenvalue weighted by atomic mass is 10.1. The van der Waals surface area contributed by atoms with Crippen LogP contribution in [0.4, 0.5) is 5.13 Å². The quantitative estimate of drug-likeness (QED) is 0.882. The topological polar surface area (TPSA) is 34.1 Å². The van der Waals surface area contributed by atoms with Gasteiger partial charge in [0.25, 0.3) is 0 Å². The molecule has 1 aromatic heterocycles. The molecule has 0 aliphatic carbocycles. The van der Waals surface area contributed by atoms with E-state index < -0.39 is 0 Å². The van der Waals surface area contributed by atoms with E-state index in [0.717, 1.165) is 29.5 Å². The average Bonchev–Trinajstić information content (AvgIpc) is 2.76. The van der Waals surface area contributed by atoms with Crippen molar-refractivity contribution in [3.63, 3.8) is 0 Å². The summed E-state index contributed by atoms with van der Waals surface area (Å²) in [7, 11) is 1.70. The van der Waals surface area contributed by atoms with Gasteiger partial charge in [0, 0.05) is 11.9 Å². The van der Waals surface area contributed by atoms with E-state index in [0.29, 0.717) is 0 Å². The molecule has 0 fully saturated rings. The Bertz CT molecular complexity index is 482. The molecule has 17 heavy (non-hydrogen) atoms. The van der Waals surface area contributed by atoms with Crippen LogP contribution >= 0.6 is 11.3 Å². The van der Waals surface area contributed by atoms with Crippen LogP contribution in [0.5, 0.6) is 5.75 Å². The highest BCUT2D eigenvalue weighted by Gasteiger charge is 2.02. The number of ether oxygens (including phenoxy) is 1. The molecule has 0 saturated heterocycles. The number of para-hydroxylation sites is 1. The number of methoxy groups -OCH3 is 1. The highest BCUT2D eigenvalue weighted by atomic mass is 32.1. The zero-order chi connectivity index (χ0) is 12.1. The van der Waals surface area contributed by atoms with Gasteiger partial charge in [0.15, 0.2) is 5.13 Å². The predicted molar refractivity (Wildman–Crippen MR) is 72.0 cm³/mol. The van der Waals surface area contributed by atoms with Crippen LogP contribution in [0.25, 0.3) is 0 Å². The normalized spacial score (nSPS) is 10.2. The monoisotopic (exact) mass is 248 g/mol. The number of nitrogens with zero attached hydrogens (tertiary/aromatic N) is 1. The summed E-state index contributed by atoms with van der Waals surface area (Å²) in [5.74, 6) is 0.949. The van der Waals surface area contributed by atoms with Crippen molar-refractivity contribution in [2.24, 2.45) is 0 Å². The van der Waals surface area contributed by atoms with Crippen molar-refractivity contribution >= 4 is 16.5 Å². The standard InChI is InChI=1S/C13H16N2OS/c1-10-9-17-13(15-10)14-8-7-11-5-3-4-6-12(11)16-2/h3-6,9H,7-8H2,1-2H3,(H,14,15). The van der Waals surface area contributed by atoms with Gasteiger partial charge in [-0.25, -0.2) is 4.98 Å².